The molecular formula is C17H9BrCl2N4O4S2. The largest absolute Gasteiger partial charge is 0.338 e. The average molecular weight is 548 g/mol. The van der Waals surface area contributed by atoms with Gasteiger partial charge in [-0.05, 0) is 64.1 Å². The van der Waals surface area contributed by atoms with E-state index < -0.39 is 16.9 Å². The summed E-state index contributed by atoms with van der Waals surface area (Å²) in [4.78, 5) is 35.6. The van der Waals surface area contributed by atoms with E-state index in [1.807, 2.05) is 0 Å². The number of thioether (sulfide) groups is 1. The molecule has 154 valence electrons. The Kier molecular flexibility index (Phi) is 6.98. The molecule has 0 bridgehead atoms. The lowest BCUT2D eigenvalue weighted by Crippen LogP contribution is -2.46. The SMILES string of the molecule is O=C(Nc1ccc(Cl)c(Cl)c1)NN1C(=O)/C(=C/c2ccc(Br)c([N+](=O)[O-])c2)SC1=S. The molecule has 1 fully saturated rings. The number of hydrogen-bond acceptors (Lipinski definition) is 6. The van der Waals surface area contributed by atoms with Crippen LogP contribution in [0.5, 0.6) is 0 Å². The number of hydrazine groups is 1. The van der Waals surface area contributed by atoms with Crippen molar-refractivity contribution in [2.24, 2.45) is 0 Å². The van der Waals surface area contributed by atoms with Gasteiger partial charge in [-0.3, -0.25) is 14.9 Å². The molecule has 1 saturated heterocycles. The quantitative estimate of drug-likeness (QED) is 0.223. The van der Waals surface area contributed by atoms with Gasteiger partial charge in [0.05, 0.1) is 24.3 Å². The van der Waals surface area contributed by atoms with Crippen LogP contribution >= 0.6 is 63.1 Å². The van der Waals surface area contributed by atoms with Crippen molar-refractivity contribution in [2.45, 2.75) is 0 Å². The van der Waals surface area contributed by atoms with Crippen molar-refractivity contribution in [1.82, 2.24) is 10.4 Å². The monoisotopic (exact) mass is 546 g/mol. The maximum Gasteiger partial charge on any atom is 0.338 e. The number of halogens is 3. The number of anilines is 1. The fourth-order valence-corrected chi connectivity index (χ4v) is 4.18. The lowest BCUT2D eigenvalue weighted by molar-refractivity contribution is -0.385. The third kappa shape index (κ3) is 5.10. The summed E-state index contributed by atoms with van der Waals surface area (Å²) in [5, 5.41) is 15.1. The molecule has 3 amide bonds. The van der Waals surface area contributed by atoms with E-state index in [1.54, 1.807) is 12.1 Å². The summed E-state index contributed by atoms with van der Waals surface area (Å²) < 4.78 is 0.417. The Morgan fingerprint density at radius 3 is 2.63 bits per heavy atom. The fourth-order valence-electron chi connectivity index (χ4n) is 2.31. The Morgan fingerprint density at radius 2 is 1.97 bits per heavy atom. The number of nitro benzene ring substituents is 1. The Bertz CT molecular complexity index is 1130. The molecular weight excluding hydrogens is 539 g/mol. The molecule has 0 saturated carbocycles. The number of amides is 3. The molecule has 1 aliphatic rings. The molecule has 1 heterocycles. The highest BCUT2D eigenvalue weighted by molar-refractivity contribution is 9.10. The lowest BCUT2D eigenvalue weighted by atomic mass is 10.2. The van der Waals surface area contributed by atoms with Gasteiger partial charge in [0.25, 0.3) is 11.6 Å². The molecule has 0 unspecified atom stereocenters. The van der Waals surface area contributed by atoms with Crippen LogP contribution < -0.4 is 10.7 Å². The maximum atomic E-state index is 12.6. The predicted octanol–water partition coefficient (Wildman–Crippen LogP) is 5.60. The first-order valence-electron chi connectivity index (χ1n) is 7.90. The molecule has 2 aromatic rings. The molecule has 0 aromatic heterocycles. The highest BCUT2D eigenvalue weighted by Crippen LogP contribution is 2.33. The van der Waals surface area contributed by atoms with Gasteiger partial charge in [-0.15, -0.1) is 0 Å². The number of hydrogen-bond donors (Lipinski definition) is 2. The van der Waals surface area contributed by atoms with Crippen LogP contribution in [0.15, 0.2) is 45.8 Å². The number of nitrogens with one attached hydrogen (secondary N) is 2. The highest BCUT2D eigenvalue weighted by atomic mass is 79.9. The van der Waals surface area contributed by atoms with E-state index >= 15 is 0 Å². The van der Waals surface area contributed by atoms with Crippen LogP contribution in [0.2, 0.25) is 10.0 Å². The molecule has 2 N–H and O–H groups in total. The summed E-state index contributed by atoms with van der Waals surface area (Å²) in [6, 6.07) is 8.22. The first kappa shape index (κ1) is 22.5. The number of benzene rings is 2. The van der Waals surface area contributed by atoms with Crippen molar-refractivity contribution in [2.75, 3.05) is 5.32 Å². The minimum absolute atomic E-state index is 0.0992. The molecule has 30 heavy (non-hydrogen) atoms. The summed E-state index contributed by atoms with van der Waals surface area (Å²) in [6.45, 7) is 0. The molecule has 0 spiro atoms. The number of carbonyl (C=O) groups excluding carboxylic acids is 2. The second kappa shape index (κ2) is 9.31. The second-order valence-electron chi connectivity index (χ2n) is 5.68. The van der Waals surface area contributed by atoms with Gasteiger partial charge >= 0.3 is 6.03 Å². The molecule has 1 aliphatic heterocycles. The highest BCUT2D eigenvalue weighted by Gasteiger charge is 2.33. The minimum atomic E-state index is -0.717. The zero-order valence-corrected chi connectivity index (χ0v) is 19.3. The molecule has 13 heteroatoms. The topological polar surface area (TPSA) is 105 Å². The number of carbonyl (C=O) groups is 2. The zero-order valence-electron chi connectivity index (χ0n) is 14.5. The van der Waals surface area contributed by atoms with E-state index in [9.17, 15) is 19.7 Å². The van der Waals surface area contributed by atoms with Crippen molar-refractivity contribution >= 4 is 96.8 Å². The summed E-state index contributed by atoms with van der Waals surface area (Å²) in [5.41, 5.74) is 3.02. The number of rotatable bonds is 4. The number of thiocarbonyl (C=S) groups is 1. The van der Waals surface area contributed by atoms with Crippen molar-refractivity contribution in [3.63, 3.8) is 0 Å². The van der Waals surface area contributed by atoms with Gasteiger partial charge in [0.15, 0.2) is 4.32 Å². The molecule has 0 atom stereocenters. The van der Waals surface area contributed by atoms with E-state index in [2.05, 4.69) is 26.7 Å². The summed E-state index contributed by atoms with van der Waals surface area (Å²) in [6.07, 6.45) is 1.46. The maximum absolute atomic E-state index is 12.6. The Hall–Kier alpha value is -2.18. The summed E-state index contributed by atoms with van der Waals surface area (Å²) in [7, 11) is 0. The van der Waals surface area contributed by atoms with Gasteiger partial charge in [0, 0.05) is 11.8 Å². The van der Waals surface area contributed by atoms with Crippen molar-refractivity contribution in [3.05, 3.63) is 71.5 Å². The fraction of sp³-hybridized carbons (Fsp3) is 0. The van der Waals surface area contributed by atoms with E-state index in [4.69, 9.17) is 35.4 Å². The van der Waals surface area contributed by atoms with Crippen LogP contribution in [0, 0.1) is 10.1 Å². The predicted molar refractivity (Wildman–Crippen MR) is 124 cm³/mol. The van der Waals surface area contributed by atoms with Gasteiger partial charge in [0.2, 0.25) is 0 Å². The molecule has 0 radical (unpaired) electrons. The first-order valence-corrected chi connectivity index (χ1v) is 10.7. The van der Waals surface area contributed by atoms with Crippen LogP contribution in [-0.2, 0) is 4.79 Å². The Labute approximate surface area is 197 Å². The van der Waals surface area contributed by atoms with Gasteiger partial charge in [-0.2, -0.15) is 5.01 Å². The van der Waals surface area contributed by atoms with Crippen LogP contribution in [0.3, 0.4) is 0 Å². The van der Waals surface area contributed by atoms with Gasteiger partial charge < -0.3 is 5.32 Å². The van der Waals surface area contributed by atoms with Gasteiger partial charge in [0.1, 0.15) is 0 Å². The standard InChI is InChI=1S/C17H9BrCl2N4O4S2/c18-10-3-1-8(5-13(10)24(27)28)6-14-15(25)23(17(29)30-14)22-16(26)21-9-2-4-11(19)12(20)7-9/h1-7H,(H2,21,22,26)/b14-6-. The van der Waals surface area contributed by atoms with Crippen LogP contribution in [0.4, 0.5) is 16.2 Å². The third-order valence-corrected chi connectivity index (χ3v) is 6.36. The van der Waals surface area contributed by atoms with Crippen molar-refractivity contribution in [1.29, 1.82) is 0 Å². The molecule has 8 nitrogen and oxygen atoms in total. The Balaban J connectivity index is 1.73. The van der Waals surface area contributed by atoms with Crippen molar-refractivity contribution < 1.29 is 14.5 Å². The first-order chi connectivity index (χ1) is 14.2. The van der Waals surface area contributed by atoms with Gasteiger partial charge in [-0.1, -0.05) is 41.0 Å². The lowest BCUT2D eigenvalue weighted by Gasteiger charge is -2.16. The van der Waals surface area contributed by atoms with Crippen LogP contribution in [0.25, 0.3) is 6.08 Å². The Morgan fingerprint density at radius 1 is 1.23 bits per heavy atom. The average Bonchev–Trinajstić information content (AvgIpc) is 2.93. The van der Waals surface area contributed by atoms with E-state index in [1.165, 1.54) is 30.3 Å². The van der Waals surface area contributed by atoms with Crippen LogP contribution in [0.1, 0.15) is 5.56 Å². The zero-order chi connectivity index (χ0) is 22.0. The minimum Gasteiger partial charge on any atom is -0.307 e. The smallest absolute Gasteiger partial charge is 0.307 e. The normalized spacial score (nSPS) is 14.9. The summed E-state index contributed by atoms with van der Waals surface area (Å²) >= 11 is 20.9. The van der Waals surface area contributed by atoms with Gasteiger partial charge in [-0.25, -0.2) is 10.2 Å². The van der Waals surface area contributed by atoms with E-state index in [0.717, 1.165) is 16.8 Å². The van der Waals surface area contributed by atoms with Crippen LogP contribution in [-0.4, -0.2) is 26.2 Å². The number of urea groups is 1. The second-order valence-corrected chi connectivity index (χ2v) is 9.02. The number of nitrogens with zero attached hydrogens (tertiary/aromatic N) is 2. The van der Waals surface area contributed by atoms with Crippen molar-refractivity contribution in [3.8, 4) is 0 Å². The molecule has 2 aromatic carbocycles. The molecule has 0 aliphatic carbocycles. The third-order valence-electron chi connectivity index (χ3n) is 3.65. The number of nitro groups is 1. The van der Waals surface area contributed by atoms with E-state index in [0.29, 0.717) is 20.7 Å². The molecule has 3 rings (SSSR count). The van der Waals surface area contributed by atoms with E-state index in [-0.39, 0.29) is 19.9 Å². The summed E-state index contributed by atoms with van der Waals surface area (Å²) in [5.74, 6) is -0.570.